The number of hydrogen-bond acceptors (Lipinski definition) is 4. The van der Waals surface area contributed by atoms with Crippen molar-refractivity contribution in [2.24, 2.45) is 18.0 Å². The van der Waals surface area contributed by atoms with Crippen LogP contribution in [0.3, 0.4) is 0 Å². The van der Waals surface area contributed by atoms with Crippen molar-refractivity contribution in [3.8, 4) is 0 Å². The van der Waals surface area contributed by atoms with Crippen LogP contribution in [0.15, 0.2) is 11.1 Å². The molecule has 7 nitrogen and oxygen atoms in total. The third kappa shape index (κ3) is 5.29. The maximum atomic E-state index is 6.14. The van der Waals surface area contributed by atoms with Gasteiger partial charge >= 0.3 is 0 Å². The van der Waals surface area contributed by atoms with Crippen LogP contribution in [0.4, 0.5) is 0 Å². The minimum Gasteiger partial charge on any atom is -0.381 e. The molecular weight excluding hydrogens is 389 g/mol. The molecule has 2 saturated heterocycles. The minimum absolute atomic E-state index is 0.411. The summed E-state index contributed by atoms with van der Waals surface area (Å²) in [6.07, 6.45) is 1.11. The second kappa shape index (κ2) is 9.98. The van der Waals surface area contributed by atoms with E-state index in [2.05, 4.69) is 20.5 Å². The van der Waals surface area contributed by atoms with E-state index in [1.807, 2.05) is 17.7 Å². The van der Waals surface area contributed by atoms with E-state index in [9.17, 15) is 0 Å². The van der Waals surface area contributed by atoms with Crippen molar-refractivity contribution in [3.05, 3.63) is 21.9 Å². The summed E-state index contributed by atoms with van der Waals surface area (Å²) in [7, 11) is 3.68. The predicted octanol–water partition coefficient (Wildman–Crippen LogP) is 1.73. The highest BCUT2D eigenvalue weighted by atomic mass is 35.5. The van der Waals surface area contributed by atoms with Crippen LogP contribution in [-0.4, -0.2) is 74.6 Å². The zero-order valence-electron chi connectivity index (χ0n) is 16.0. The summed E-state index contributed by atoms with van der Waals surface area (Å²) >= 11 is 12.2. The number of rotatable bonds is 6. The third-order valence-electron chi connectivity index (χ3n) is 5.38. The molecular formula is C18H29Cl2N5O2. The van der Waals surface area contributed by atoms with Crippen molar-refractivity contribution >= 4 is 29.2 Å². The molecule has 2 fully saturated rings. The van der Waals surface area contributed by atoms with Crippen LogP contribution in [0.1, 0.15) is 12.1 Å². The van der Waals surface area contributed by atoms with Gasteiger partial charge in [-0.05, 0) is 12.5 Å². The molecule has 2 atom stereocenters. The first-order chi connectivity index (χ1) is 13.1. The molecule has 2 N–H and O–H groups in total. The van der Waals surface area contributed by atoms with Gasteiger partial charge in [-0.3, -0.25) is 9.89 Å². The van der Waals surface area contributed by atoms with E-state index in [1.165, 1.54) is 0 Å². The third-order valence-corrected chi connectivity index (χ3v) is 6.22. The zero-order valence-corrected chi connectivity index (χ0v) is 17.5. The summed E-state index contributed by atoms with van der Waals surface area (Å²) < 4.78 is 13.0. The van der Waals surface area contributed by atoms with E-state index < -0.39 is 0 Å². The molecule has 0 bridgehead atoms. The van der Waals surface area contributed by atoms with Crippen molar-refractivity contribution in [1.82, 2.24) is 20.1 Å². The first-order valence-electron chi connectivity index (χ1n) is 9.43. The van der Waals surface area contributed by atoms with Crippen molar-refractivity contribution in [1.29, 1.82) is 0 Å². The molecule has 2 aliphatic heterocycles. The lowest BCUT2D eigenvalue weighted by Gasteiger charge is -2.37. The number of guanidine groups is 1. The molecule has 27 heavy (non-hydrogen) atoms. The molecule has 0 radical (unpaired) electrons. The summed E-state index contributed by atoms with van der Waals surface area (Å²) in [5, 5.41) is 7.93. The van der Waals surface area contributed by atoms with Gasteiger partial charge in [-0.25, -0.2) is 0 Å². The zero-order chi connectivity index (χ0) is 19.2. The number of nitrogens with one attached hydrogen (secondary N) is 2. The molecule has 0 amide bonds. The molecule has 9 heteroatoms. The maximum Gasteiger partial charge on any atom is 0.191 e. The highest BCUT2D eigenvalue weighted by Crippen LogP contribution is 2.25. The number of hydrogen-bond donors (Lipinski definition) is 2. The molecule has 1 aromatic rings. The summed E-state index contributed by atoms with van der Waals surface area (Å²) in [5.74, 6) is 1.31. The fourth-order valence-corrected chi connectivity index (χ4v) is 4.13. The topological polar surface area (TPSA) is 63.0 Å². The molecule has 3 rings (SSSR count). The van der Waals surface area contributed by atoms with Crippen molar-refractivity contribution < 1.29 is 9.47 Å². The second-order valence-electron chi connectivity index (χ2n) is 6.98. The maximum absolute atomic E-state index is 6.14. The van der Waals surface area contributed by atoms with Crippen LogP contribution in [0, 0.1) is 5.92 Å². The fourth-order valence-electron chi connectivity index (χ4n) is 3.71. The van der Waals surface area contributed by atoms with Gasteiger partial charge in [0.1, 0.15) is 5.15 Å². The van der Waals surface area contributed by atoms with Gasteiger partial charge in [-0.1, -0.05) is 23.2 Å². The summed E-state index contributed by atoms with van der Waals surface area (Å²) in [5.41, 5.74) is 1.00. The van der Waals surface area contributed by atoms with E-state index in [1.54, 1.807) is 7.05 Å². The van der Waals surface area contributed by atoms with Gasteiger partial charge in [0.15, 0.2) is 5.96 Å². The quantitative estimate of drug-likeness (QED) is 0.545. The Balaban J connectivity index is 1.56. The molecule has 0 aliphatic carbocycles. The predicted molar refractivity (Wildman–Crippen MR) is 109 cm³/mol. The summed E-state index contributed by atoms with van der Waals surface area (Å²) in [6, 6.07) is 2.28. The molecule has 3 heterocycles. The van der Waals surface area contributed by atoms with Gasteiger partial charge in [-0.2, -0.15) is 0 Å². The largest absolute Gasteiger partial charge is 0.381 e. The van der Waals surface area contributed by atoms with E-state index in [0.29, 0.717) is 28.7 Å². The lowest BCUT2D eigenvalue weighted by atomic mass is 9.97. The van der Waals surface area contributed by atoms with E-state index in [4.69, 9.17) is 32.7 Å². The standard InChI is InChI=1S/C18H29Cl2N5O2/c1-21-18(22-10-14-9-15(19)17(20)24(14)2)23-11-16(13-3-6-27-12-13)25-4-7-26-8-5-25/h9,13,16H,3-8,10-12H2,1-2H3,(H2,21,22,23). The smallest absolute Gasteiger partial charge is 0.191 e. The number of halogens is 2. The average molecular weight is 418 g/mol. The second-order valence-corrected chi connectivity index (χ2v) is 7.74. The summed E-state index contributed by atoms with van der Waals surface area (Å²) in [4.78, 5) is 6.86. The van der Waals surface area contributed by atoms with Crippen LogP contribution >= 0.6 is 23.2 Å². The van der Waals surface area contributed by atoms with Crippen molar-refractivity contribution in [2.75, 3.05) is 53.1 Å². The Bertz CT molecular complexity index is 640. The van der Waals surface area contributed by atoms with Gasteiger partial charge in [-0.15, -0.1) is 0 Å². The van der Waals surface area contributed by atoms with Gasteiger partial charge in [0, 0.05) is 58.0 Å². The van der Waals surface area contributed by atoms with Crippen LogP contribution in [0.5, 0.6) is 0 Å². The normalized spacial score (nSPS) is 22.8. The highest BCUT2D eigenvalue weighted by molar-refractivity contribution is 6.41. The number of morpholine rings is 1. The van der Waals surface area contributed by atoms with Gasteiger partial charge in [0.25, 0.3) is 0 Å². The lowest BCUT2D eigenvalue weighted by molar-refractivity contribution is 0.00246. The van der Waals surface area contributed by atoms with E-state index >= 15 is 0 Å². The van der Waals surface area contributed by atoms with Crippen molar-refractivity contribution in [2.45, 2.75) is 19.0 Å². The Morgan fingerprint density at radius 3 is 2.63 bits per heavy atom. The van der Waals surface area contributed by atoms with Gasteiger partial charge in [0.05, 0.1) is 31.4 Å². The minimum atomic E-state index is 0.411. The number of ether oxygens (including phenoxy) is 2. The van der Waals surface area contributed by atoms with Gasteiger partial charge in [0.2, 0.25) is 0 Å². The Morgan fingerprint density at radius 2 is 2.04 bits per heavy atom. The average Bonchev–Trinajstić information content (AvgIpc) is 3.30. The Kier molecular flexibility index (Phi) is 7.66. The molecule has 0 saturated carbocycles. The van der Waals surface area contributed by atoms with Gasteiger partial charge < -0.3 is 24.7 Å². The fraction of sp³-hybridized carbons (Fsp3) is 0.722. The van der Waals surface area contributed by atoms with E-state index in [0.717, 1.165) is 64.1 Å². The Labute approximate surface area is 171 Å². The lowest BCUT2D eigenvalue weighted by Crippen LogP contribution is -2.53. The molecule has 1 aromatic heterocycles. The van der Waals surface area contributed by atoms with Crippen LogP contribution in [-0.2, 0) is 23.1 Å². The molecule has 152 valence electrons. The molecule has 0 spiro atoms. The van der Waals surface area contributed by atoms with Crippen molar-refractivity contribution in [3.63, 3.8) is 0 Å². The first kappa shape index (κ1) is 20.7. The number of nitrogens with zero attached hydrogens (tertiary/aromatic N) is 3. The summed E-state index contributed by atoms with van der Waals surface area (Å²) in [6.45, 7) is 6.63. The van der Waals surface area contributed by atoms with Crippen LogP contribution in [0.25, 0.3) is 0 Å². The highest BCUT2D eigenvalue weighted by Gasteiger charge is 2.31. The van der Waals surface area contributed by atoms with E-state index in [-0.39, 0.29) is 0 Å². The number of aliphatic imine (C=N–C) groups is 1. The van der Waals surface area contributed by atoms with Crippen LogP contribution < -0.4 is 10.6 Å². The first-order valence-corrected chi connectivity index (χ1v) is 10.2. The number of aromatic nitrogens is 1. The van der Waals surface area contributed by atoms with Crippen LogP contribution in [0.2, 0.25) is 10.2 Å². The Hall–Kier alpha value is -0.990. The molecule has 2 aliphatic rings. The molecule has 2 unspecified atom stereocenters. The molecule has 0 aromatic carbocycles. The Morgan fingerprint density at radius 1 is 1.26 bits per heavy atom. The monoisotopic (exact) mass is 417 g/mol. The SMILES string of the molecule is CN=C(NCc1cc(Cl)c(Cl)n1C)NCC(C1CCOC1)N1CCOCC1.